The van der Waals surface area contributed by atoms with Crippen LogP contribution >= 0.6 is 0 Å². The Morgan fingerprint density at radius 2 is 2.21 bits per heavy atom. The van der Waals surface area contributed by atoms with Crippen molar-refractivity contribution in [2.45, 2.75) is 38.6 Å². The molecule has 104 valence electrons. The molecule has 0 spiro atoms. The molecule has 2 rings (SSSR count). The lowest BCUT2D eigenvalue weighted by molar-refractivity contribution is -0.142. The fraction of sp³-hybridized carbons (Fsp3) is 0.533. The Morgan fingerprint density at radius 3 is 2.89 bits per heavy atom. The predicted molar refractivity (Wildman–Crippen MR) is 74.7 cm³/mol. The van der Waals surface area contributed by atoms with Gasteiger partial charge in [-0.25, -0.2) is 0 Å². The summed E-state index contributed by atoms with van der Waals surface area (Å²) in [6.45, 7) is 2.02. The first kappa shape index (κ1) is 13.7. The van der Waals surface area contributed by atoms with Crippen molar-refractivity contribution in [2.75, 3.05) is 12.4 Å². The molecule has 1 aliphatic rings. The third-order valence-electron chi connectivity index (χ3n) is 3.74. The molecule has 0 saturated heterocycles. The Hall–Kier alpha value is -1.71. The lowest BCUT2D eigenvalue weighted by Gasteiger charge is -2.28. The largest absolute Gasteiger partial charge is 0.495 e. The number of carbonyl (C=O) groups is 1. The summed E-state index contributed by atoms with van der Waals surface area (Å²) in [7, 11) is 1.65. The number of methoxy groups -OCH3 is 1. The van der Waals surface area contributed by atoms with Crippen molar-refractivity contribution in [1.82, 2.24) is 0 Å². The van der Waals surface area contributed by atoms with Crippen LogP contribution in [0.1, 0.15) is 31.2 Å². The minimum Gasteiger partial charge on any atom is -0.495 e. The number of ether oxygens (including phenoxy) is 1. The van der Waals surface area contributed by atoms with Gasteiger partial charge in [0.05, 0.1) is 18.7 Å². The number of hydrogen-bond donors (Lipinski definition) is 2. The quantitative estimate of drug-likeness (QED) is 0.876. The van der Waals surface area contributed by atoms with Gasteiger partial charge in [-0.2, -0.15) is 0 Å². The number of aryl methyl sites for hydroxylation is 1. The molecule has 0 radical (unpaired) electrons. The van der Waals surface area contributed by atoms with Crippen LogP contribution in [0.2, 0.25) is 0 Å². The topological polar surface area (TPSA) is 58.6 Å². The molecule has 2 atom stereocenters. The van der Waals surface area contributed by atoms with Crippen molar-refractivity contribution >= 4 is 11.7 Å². The van der Waals surface area contributed by atoms with E-state index in [0.717, 1.165) is 36.3 Å². The third kappa shape index (κ3) is 3.40. The number of anilines is 1. The summed E-state index contributed by atoms with van der Waals surface area (Å²) in [5.74, 6) is -0.0810. The van der Waals surface area contributed by atoms with Gasteiger partial charge in [0.2, 0.25) is 0 Å². The van der Waals surface area contributed by atoms with Crippen molar-refractivity contribution in [2.24, 2.45) is 5.92 Å². The highest BCUT2D eigenvalue weighted by Crippen LogP contribution is 2.31. The highest BCUT2D eigenvalue weighted by atomic mass is 16.5. The molecular formula is C15H21NO3. The molecule has 0 aliphatic heterocycles. The van der Waals surface area contributed by atoms with Crippen LogP contribution in [0.25, 0.3) is 0 Å². The normalized spacial score (nSPS) is 22.8. The van der Waals surface area contributed by atoms with E-state index in [1.807, 2.05) is 25.1 Å². The first-order valence-corrected chi connectivity index (χ1v) is 6.74. The van der Waals surface area contributed by atoms with Crippen LogP contribution in [-0.4, -0.2) is 24.2 Å². The Balaban J connectivity index is 2.06. The fourth-order valence-corrected chi connectivity index (χ4v) is 2.68. The smallest absolute Gasteiger partial charge is 0.306 e. The zero-order chi connectivity index (χ0) is 13.8. The lowest BCUT2D eigenvalue weighted by Crippen LogP contribution is -2.31. The lowest BCUT2D eigenvalue weighted by atomic mass is 9.85. The van der Waals surface area contributed by atoms with Crippen LogP contribution in [0, 0.1) is 12.8 Å². The molecule has 0 heterocycles. The van der Waals surface area contributed by atoms with E-state index < -0.39 is 5.97 Å². The molecule has 1 fully saturated rings. The SMILES string of the molecule is COc1cc(C)ccc1NC1CCCC(C(=O)O)C1. The zero-order valence-corrected chi connectivity index (χ0v) is 11.5. The second-order valence-electron chi connectivity index (χ2n) is 5.25. The van der Waals surface area contributed by atoms with Crippen LogP contribution in [0.4, 0.5) is 5.69 Å². The van der Waals surface area contributed by atoms with Gasteiger partial charge in [0, 0.05) is 6.04 Å². The number of rotatable bonds is 4. The summed E-state index contributed by atoms with van der Waals surface area (Å²) in [6.07, 6.45) is 3.45. The van der Waals surface area contributed by atoms with Gasteiger partial charge >= 0.3 is 5.97 Å². The maximum atomic E-state index is 11.1. The van der Waals surface area contributed by atoms with Crippen molar-refractivity contribution in [3.63, 3.8) is 0 Å². The van der Waals surface area contributed by atoms with Crippen molar-refractivity contribution in [3.05, 3.63) is 23.8 Å². The monoisotopic (exact) mass is 263 g/mol. The molecule has 1 saturated carbocycles. The average Bonchev–Trinajstić information content (AvgIpc) is 2.41. The molecule has 4 nitrogen and oxygen atoms in total. The zero-order valence-electron chi connectivity index (χ0n) is 11.5. The summed E-state index contributed by atoms with van der Waals surface area (Å²) in [5.41, 5.74) is 2.10. The molecule has 0 bridgehead atoms. The number of benzene rings is 1. The molecule has 4 heteroatoms. The maximum absolute atomic E-state index is 11.1. The molecule has 0 aromatic heterocycles. The molecule has 0 amide bonds. The van der Waals surface area contributed by atoms with Gasteiger partial charge in [-0.1, -0.05) is 12.5 Å². The fourth-order valence-electron chi connectivity index (χ4n) is 2.68. The van der Waals surface area contributed by atoms with Crippen molar-refractivity contribution in [3.8, 4) is 5.75 Å². The molecular weight excluding hydrogens is 242 g/mol. The standard InChI is InChI=1S/C15H21NO3/c1-10-6-7-13(14(8-10)19-2)16-12-5-3-4-11(9-12)15(17)18/h6-8,11-12,16H,3-5,9H2,1-2H3,(H,17,18). The molecule has 19 heavy (non-hydrogen) atoms. The average molecular weight is 263 g/mol. The van der Waals surface area contributed by atoms with Gasteiger partial charge in [0.1, 0.15) is 5.75 Å². The summed E-state index contributed by atoms with van der Waals surface area (Å²) < 4.78 is 5.36. The van der Waals surface area contributed by atoms with E-state index in [1.54, 1.807) is 7.11 Å². The van der Waals surface area contributed by atoms with Crippen LogP contribution in [-0.2, 0) is 4.79 Å². The molecule has 1 aliphatic carbocycles. The van der Waals surface area contributed by atoms with E-state index in [0.29, 0.717) is 6.42 Å². The van der Waals surface area contributed by atoms with Gasteiger partial charge in [-0.15, -0.1) is 0 Å². The van der Waals surface area contributed by atoms with E-state index in [1.165, 1.54) is 0 Å². The first-order valence-electron chi connectivity index (χ1n) is 6.74. The Labute approximate surface area is 113 Å². The van der Waals surface area contributed by atoms with Gasteiger partial charge in [-0.05, 0) is 43.9 Å². The van der Waals surface area contributed by atoms with E-state index in [4.69, 9.17) is 9.84 Å². The third-order valence-corrected chi connectivity index (χ3v) is 3.74. The van der Waals surface area contributed by atoms with E-state index in [2.05, 4.69) is 5.32 Å². The van der Waals surface area contributed by atoms with E-state index >= 15 is 0 Å². The Kier molecular flexibility index (Phi) is 4.30. The number of nitrogens with one attached hydrogen (secondary N) is 1. The maximum Gasteiger partial charge on any atom is 0.306 e. The van der Waals surface area contributed by atoms with Crippen LogP contribution < -0.4 is 10.1 Å². The van der Waals surface area contributed by atoms with Crippen molar-refractivity contribution in [1.29, 1.82) is 0 Å². The second kappa shape index (κ2) is 5.95. The highest BCUT2D eigenvalue weighted by molar-refractivity contribution is 5.70. The minimum absolute atomic E-state index is 0.214. The number of carboxylic acids is 1. The predicted octanol–water partition coefficient (Wildman–Crippen LogP) is 3.06. The molecule has 1 aromatic rings. The molecule has 2 unspecified atom stereocenters. The summed E-state index contributed by atoms with van der Waals surface area (Å²) in [5, 5.41) is 12.5. The minimum atomic E-state index is -0.678. The van der Waals surface area contributed by atoms with E-state index in [9.17, 15) is 4.79 Å². The Morgan fingerprint density at radius 1 is 1.42 bits per heavy atom. The van der Waals surface area contributed by atoms with Gasteiger partial charge in [-0.3, -0.25) is 4.79 Å². The molecule has 2 N–H and O–H groups in total. The summed E-state index contributed by atoms with van der Waals surface area (Å²) in [6, 6.07) is 6.23. The summed E-state index contributed by atoms with van der Waals surface area (Å²) in [4.78, 5) is 11.1. The second-order valence-corrected chi connectivity index (χ2v) is 5.25. The highest BCUT2D eigenvalue weighted by Gasteiger charge is 2.27. The number of carboxylic acid groups (broad SMARTS) is 1. The van der Waals surface area contributed by atoms with Gasteiger partial charge < -0.3 is 15.2 Å². The van der Waals surface area contributed by atoms with Crippen LogP contribution in [0.5, 0.6) is 5.75 Å². The van der Waals surface area contributed by atoms with Crippen LogP contribution in [0.15, 0.2) is 18.2 Å². The number of aliphatic carboxylic acids is 1. The Bertz CT molecular complexity index is 459. The first-order chi connectivity index (χ1) is 9.10. The molecule has 1 aromatic carbocycles. The van der Waals surface area contributed by atoms with Crippen molar-refractivity contribution < 1.29 is 14.6 Å². The number of hydrogen-bond acceptors (Lipinski definition) is 3. The van der Waals surface area contributed by atoms with Crippen LogP contribution in [0.3, 0.4) is 0 Å². The van der Waals surface area contributed by atoms with Gasteiger partial charge in [0.25, 0.3) is 0 Å². The van der Waals surface area contributed by atoms with E-state index in [-0.39, 0.29) is 12.0 Å². The summed E-state index contributed by atoms with van der Waals surface area (Å²) >= 11 is 0. The van der Waals surface area contributed by atoms with Gasteiger partial charge in [0.15, 0.2) is 0 Å².